The van der Waals surface area contributed by atoms with Crippen LogP contribution >= 0.6 is 0 Å². The Morgan fingerprint density at radius 3 is 2.45 bits per heavy atom. The molecule has 0 aliphatic heterocycles. The highest BCUT2D eigenvalue weighted by atomic mass is 16.5. The zero-order valence-electron chi connectivity index (χ0n) is 18.9. The third kappa shape index (κ3) is 4.64. The molecule has 4 rings (SSSR count). The van der Waals surface area contributed by atoms with Crippen molar-refractivity contribution in [2.75, 3.05) is 0 Å². The number of fused-ring (bicyclic) bond motifs is 1. The molecule has 158 valence electrons. The van der Waals surface area contributed by atoms with Gasteiger partial charge in [0.2, 0.25) is 0 Å². The van der Waals surface area contributed by atoms with Gasteiger partial charge in [0.05, 0.1) is 5.56 Å². The Bertz CT molecular complexity index is 1190. The third-order valence-electron chi connectivity index (χ3n) is 6.38. The molecule has 0 aromatic heterocycles. The number of hydrogen-bond donors (Lipinski definition) is 0. The molecule has 2 nitrogen and oxygen atoms in total. The first-order chi connectivity index (χ1) is 14.8. The van der Waals surface area contributed by atoms with Gasteiger partial charge in [0.25, 0.3) is 0 Å². The summed E-state index contributed by atoms with van der Waals surface area (Å²) in [5.74, 6) is 0.269. The number of esters is 1. The summed E-state index contributed by atoms with van der Waals surface area (Å²) in [5.41, 5.74) is 5.88. The van der Waals surface area contributed by atoms with Crippen LogP contribution in [-0.4, -0.2) is 5.97 Å². The third-order valence-corrected chi connectivity index (χ3v) is 6.38. The van der Waals surface area contributed by atoms with Crippen LogP contribution in [0.15, 0.2) is 77.9 Å². The molecule has 0 radical (unpaired) electrons. The molecule has 0 atom stereocenters. The predicted molar refractivity (Wildman–Crippen MR) is 129 cm³/mol. The minimum Gasteiger partial charge on any atom is -0.423 e. The fraction of sp³-hybridized carbons (Fsp3) is 0.276. The van der Waals surface area contributed by atoms with E-state index in [-0.39, 0.29) is 11.4 Å². The largest absolute Gasteiger partial charge is 0.423 e. The molecule has 0 spiro atoms. The quantitative estimate of drug-likeness (QED) is 0.323. The summed E-state index contributed by atoms with van der Waals surface area (Å²) >= 11 is 0. The fourth-order valence-corrected chi connectivity index (χ4v) is 4.51. The molecule has 0 N–H and O–H groups in total. The van der Waals surface area contributed by atoms with E-state index in [9.17, 15) is 4.79 Å². The molecule has 3 aromatic carbocycles. The van der Waals surface area contributed by atoms with E-state index in [0.29, 0.717) is 11.3 Å². The highest BCUT2D eigenvalue weighted by Gasteiger charge is 2.26. The van der Waals surface area contributed by atoms with Gasteiger partial charge in [-0.3, -0.25) is 0 Å². The van der Waals surface area contributed by atoms with Crippen LogP contribution in [0.2, 0.25) is 0 Å². The summed E-state index contributed by atoms with van der Waals surface area (Å²) in [6.07, 6.45) is 8.22. The Hall–Kier alpha value is -3.13. The Kier molecular flexibility index (Phi) is 5.82. The average molecular weight is 411 g/mol. The van der Waals surface area contributed by atoms with Crippen LogP contribution < -0.4 is 4.74 Å². The van der Waals surface area contributed by atoms with Crippen molar-refractivity contribution >= 4 is 22.8 Å². The first-order valence-corrected chi connectivity index (χ1v) is 11.0. The Morgan fingerprint density at radius 1 is 0.935 bits per heavy atom. The topological polar surface area (TPSA) is 26.3 Å². The maximum Gasteiger partial charge on any atom is 0.343 e. The van der Waals surface area contributed by atoms with Crippen LogP contribution in [0.4, 0.5) is 0 Å². The second-order valence-corrected chi connectivity index (χ2v) is 9.24. The molecule has 31 heavy (non-hydrogen) atoms. The van der Waals surface area contributed by atoms with Crippen molar-refractivity contribution in [1.82, 2.24) is 0 Å². The zero-order valence-corrected chi connectivity index (χ0v) is 18.9. The SMILES string of the molecule is CC1=C(C=Cc2ccc3cc(C(=O)Oc4ccccc4C)ccc3c2)C(C)(C)CCC1. The molecule has 0 saturated carbocycles. The molecule has 0 unspecified atom stereocenters. The van der Waals surface area contributed by atoms with E-state index >= 15 is 0 Å². The first kappa shape index (κ1) is 21.1. The highest BCUT2D eigenvalue weighted by molar-refractivity contribution is 5.97. The summed E-state index contributed by atoms with van der Waals surface area (Å²) in [4.78, 5) is 12.6. The molecule has 0 fully saturated rings. The lowest BCUT2D eigenvalue weighted by Crippen LogP contribution is -2.18. The summed E-state index contributed by atoms with van der Waals surface area (Å²) in [5, 5.41) is 2.15. The molecular formula is C29H30O2. The van der Waals surface area contributed by atoms with Gasteiger partial charge in [0, 0.05) is 0 Å². The van der Waals surface area contributed by atoms with Crippen molar-refractivity contribution in [2.24, 2.45) is 5.41 Å². The molecule has 2 heteroatoms. The van der Waals surface area contributed by atoms with Crippen molar-refractivity contribution in [3.05, 3.63) is 94.6 Å². The molecular weight excluding hydrogens is 380 g/mol. The van der Waals surface area contributed by atoms with E-state index in [4.69, 9.17) is 4.74 Å². The van der Waals surface area contributed by atoms with Gasteiger partial charge >= 0.3 is 5.97 Å². The van der Waals surface area contributed by atoms with Gasteiger partial charge in [-0.15, -0.1) is 0 Å². The number of allylic oxidation sites excluding steroid dienone is 3. The van der Waals surface area contributed by atoms with Crippen LogP contribution in [0.5, 0.6) is 5.75 Å². The van der Waals surface area contributed by atoms with Gasteiger partial charge < -0.3 is 4.74 Å². The lowest BCUT2D eigenvalue weighted by atomic mass is 9.72. The Balaban J connectivity index is 1.56. The molecule has 0 saturated heterocycles. The average Bonchev–Trinajstić information content (AvgIpc) is 2.74. The Morgan fingerprint density at radius 2 is 1.68 bits per heavy atom. The molecule has 1 aliphatic rings. The monoisotopic (exact) mass is 410 g/mol. The lowest BCUT2D eigenvalue weighted by Gasteiger charge is -2.32. The molecule has 3 aromatic rings. The number of aryl methyl sites for hydroxylation is 1. The lowest BCUT2D eigenvalue weighted by molar-refractivity contribution is 0.0733. The molecule has 0 heterocycles. The molecule has 1 aliphatic carbocycles. The van der Waals surface area contributed by atoms with Crippen LogP contribution in [0.25, 0.3) is 16.8 Å². The summed E-state index contributed by atoms with van der Waals surface area (Å²) in [6.45, 7) is 8.88. The number of hydrogen-bond acceptors (Lipinski definition) is 2. The number of carbonyl (C=O) groups excluding carboxylic acids is 1. The van der Waals surface area contributed by atoms with Crippen LogP contribution in [0.3, 0.4) is 0 Å². The van der Waals surface area contributed by atoms with Gasteiger partial charge in [-0.2, -0.15) is 0 Å². The normalized spacial score (nSPS) is 16.1. The minimum atomic E-state index is -0.331. The first-order valence-electron chi connectivity index (χ1n) is 11.0. The number of carbonyl (C=O) groups is 1. The van der Waals surface area contributed by atoms with Gasteiger partial charge in [0.15, 0.2) is 0 Å². The second kappa shape index (κ2) is 8.55. The smallest absolute Gasteiger partial charge is 0.343 e. The van der Waals surface area contributed by atoms with E-state index < -0.39 is 0 Å². The fourth-order valence-electron chi connectivity index (χ4n) is 4.51. The van der Waals surface area contributed by atoms with Crippen molar-refractivity contribution in [3.63, 3.8) is 0 Å². The van der Waals surface area contributed by atoms with E-state index in [0.717, 1.165) is 16.3 Å². The van der Waals surface area contributed by atoms with Crippen molar-refractivity contribution in [3.8, 4) is 5.75 Å². The number of para-hydroxylation sites is 1. The number of benzene rings is 3. The molecule has 0 bridgehead atoms. The highest BCUT2D eigenvalue weighted by Crippen LogP contribution is 2.41. The van der Waals surface area contributed by atoms with Gasteiger partial charge in [-0.25, -0.2) is 4.79 Å². The Labute approximate surface area is 185 Å². The van der Waals surface area contributed by atoms with Crippen molar-refractivity contribution in [1.29, 1.82) is 0 Å². The predicted octanol–water partition coefficient (Wildman–Crippen LogP) is 7.91. The second-order valence-electron chi connectivity index (χ2n) is 9.24. The standard InChI is InChI=1S/C29H30O2/c1-20-9-7-17-29(3,4)26(20)16-12-22-11-13-24-19-25(15-14-23(24)18-22)28(30)31-27-10-6-5-8-21(27)2/h5-6,8,10-16,18-19H,7,9,17H2,1-4H3. The van der Waals surface area contributed by atoms with Gasteiger partial charge in [0.1, 0.15) is 5.75 Å². The van der Waals surface area contributed by atoms with E-state index in [2.05, 4.69) is 51.1 Å². The van der Waals surface area contributed by atoms with Gasteiger partial charge in [-0.1, -0.05) is 68.0 Å². The van der Waals surface area contributed by atoms with E-state index in [1.165, 1.54) is 36.0 Å². The number of ether oxygens (including phenoxy) is 1. The minimum absolute atomic E-state index is 0.238. The summed E-state index contributed by atoms with van der Waals surface area (Å²) in [7, 11) is 0. The maximum absolute atomic E-state index is 12.6. The molecule has 0 amide bonds. The zero-order chi connectivity index (χ0) is 22.0. The van der Waals surface area contributed by atoms with E-state index in [1.54, 1.807) is 0 Å². The van der Waals surface area contributed by atoms with Crippen LogP contribution in [0, 0.1) is 12.3 Å². The summed E-state index contributed by atoms with van der Waals surface area (Å²) < 4.78 is 5.58. The number of rotatable bonds is 4. The van der Waals surface area contributed by atoms with E-state index in [1.807, 2.05) is 49.4 Å². The summed E-state index contributed by atoms with van der Waals surface area (Å²) in [6, 6.07) is 19.7. The van der Waals surface area contributed by atoms with Crippen LogP contribution in [0.1, 0.15) is 61.5 Å². The van der Waals surface area contributed by atoms with Crippen LogP contribution in [-0.2, 0) is 0 Å². The van der Waals surface area contributed by atoms with Crippen molar-refractivity contribution < 1.29 is 9.53 Å². The van der Waals surface area contributed by atoms with Crippen molar-refractivity contribution in [2.45, 2.75) is 47.0 Å². The maximum atomic E-state index is 12.6. The van der Waals surface area contributed by atoms with Gasteiger partial charge in [-0.05, 0) is 90.3 Å².